The summed E-state index contributed by atoms with van der Waals surface area (Å²) in [4.78, 5) is 15.5. The van der Waals surface area contributed by atoms with Crippen LogP contribution >= 0.6 is 0 Å². The molecule has 3 N–H and O–H groups in total. The molecule has 1 aliphatic heterocycles. The molecule has 0 saturated carbocycles. The van der Waals surface area contributed by atoms with Crippen molar-refractivity contribution in [2.24, 2.45) is 0 Å². The minimum atomic E-state index is -0.0857. The second kappa shape index (κ2) is 4.75. The fourth-order valence-electron chi connectivity index (χ4n) is 2.76. The van der Waals surface area contributed by atoms with E-state index in [4.69, 9.17) is 0 Å². The van der Waals surface area contributed by atoms with Crippen LogP contribution in [0.25, 0.3) is 10.9 Å². The van der Waals surface area contributed by atoms with Gasteiger partial charge in [-0.05, 0) is 46.8 Å². The molecule has 0 saturated heterocycles. The minimum Gasteiger partial charge on any atom is -0.361 e. The Balaban J connectivity index is 1.60. The molecule has 0 radical (unpaired) electrons. The third-order valence-electron chi connectivity index (χ3n) is 3.91. The predicted octanol–water partition coefficient (Wildman–Crippen LogP) is 3.02. The lowest BCUT2D eigenvalue weighted by Crippen LogP contribution is -2.12. The molecule has 1 aliphatic rings. The Morgan fingerprint density at radius 1 is 1.00 bits per heavy atom. The van der Waals surface area contributed by atoms with E-state index in [9.17, 15) is 4.79 Å². The zero-order chi connectivity index (χ0) is 14.2. The van der Waals surface area contributed by atoms with Crippen molar-refractivity contribution in [2.75, 3.05) is 5.32 Å². The molecule has 0 atom stereocenters. The van der Waals surface area contributed by atoms with Gasteiger partial charge in [-0.2, -0.15) is 0 Å². The van der Waals surface area contributed by atoms with E-state index >= 15 is 0 Å². The molecule has 4 rings (SSSR count). The first-order chi connectivity index (χ1) is 10.3. The summed E-state index contributed by atoms with van der Waals surface area (Å²) >= 11 is 0. The van der Waals surface area contributed by atoms with Crippen LogP contribution in [0, 0.1) is 0 Å². The number of carbonyl (C=O) groups is 1. The van der Waals surface area contributed by atoms with Crippen molar-refractivity contribution in [1.29, 1.82) is 0 Å². The van der Waals surface area contributed by atoms with E-state index in [1.165, 1.54) is 11.1 Å². The fourth-order valence-corrected chi connectivity index (χ4v) is 2.76. The number of nitrogens with one attached hydrogen (secondary N) is 3. The maximum absolute atomic E-state index is 12.3. The quantitative estimate of drug-likeness (QED) is 0.674. The van der Waals surface area contributed by atoms with Gasteiger partial charge in [0.25, 0.3) is 5.91 Å². The van der Waals surface area contributed by atoms with Gasteiger partial charge in [0.05, 0.1) is 0 Å². The average Bonchev–Trinajstić information content (AvgIpc) is 3.14. The molecule has 2 heterocycles. The fraction of sp³-hybridized carbons (Fsp3) is 0.118. The number of hydrogen-bond acceptors (Lipinski definition) is 2. The van der Waals surface area contributed by atoms with E-state index < -0.39 is 0 Å². The Morgan fingerprint density at radius 2 is 1.90 bits per heavy atom. The monoisotopic (exact) mass is 277 g/mol. The highest BCUT2D eigenvalue weighted by molar-refractivity contribution is 6.06. The lowest BCUT2D eigenvalue weighted by Gasteiger charge is -2.07. The van der Waals surface area contributed by atoms with E-state index in [2.05, 4.69) is 21.7 Å². The largest absolute Gasteiger partial charge is 0.361 e. The van der Waals surface area contributed by atoms with Crippen molar-refractivity contribution >= 4 is 22.5 Å². The van der Waals surface area contributed by atoms with Crippen molar-refractivity contribution < 1.29 is 4.79 Å². The van der Waals surface area contributed by atoms with Gasteiger partial charge in [-0.15, -0.1) is 0 Å². The van der Waals surface area contributed by atoms with Crippen LogP contribution in [0.1, 0.15) is 21.5 Å². The minimum absolute atomic E-state index is 0.0857. The summed E-state index contributed by atoms with van der Waals surface area (Å²) in [6, 6.07) is 13.7. The third-order valence-corrected chi connectivity index (χ3v) is 3.91. The summed E-state index contributed by atoms with van der Waals surface area (Å²) in [5.74, 6) is -0.0857. The maximum atomic E-state index is 12.3. The predicted molar refractivity (Wildman–Crippen MR) is 83.2 cm³/mol. The highest BCUT2D eigenvalue weighted by Crippen LogP contribution is 2.21. The molecule has 0 unspecified atom stereocenters. The third kappa shape index (κ3) is 2.19. The molecule has 0 fully saturated rings. The number of hydrogen-bond donors (Lipinski definition) is 3. The van der Waals surface area contributed by atoms with Gasteiger partial charge in [0.15, 0.2) is 0 Å². The van der Waals surface area contributed by atoms with Crippen molar-refractivity contribution in [2.45, 2.75) is 13.1 Å². The van der Waals surface area contributed by atoms with Gasteiger partial charge in [0, 0.05) is 36.1 Å². The lowest BCUT2D eigenvalue weighted by atomic mass is 10.1. The molecule has 3 aromatic rings. The first-order valence-corrected chi connectivity index (χ1v) is 7.01. The number of benzene rings is 2. The smallest absolute Gasteiger partial charge is 0.255 e. The van der Waals surface area contributed by atoms with Crippen LogP contribution in [-0.2, 0) is 13.1 Å². The highest BCUT2D eigenvalue weighted by Gasteiger charge is 2.12. The zero-order valence-corrected chi connectivity index (χ0v) is 11.4. The van der Waals surface area contributed by atoms with E-state index in [0.29, 0.717) is 5.56 Å². The highest BCUT2D eigenvalue weighted by atomic mass is 16.1. The van der Waals surface area contributed by atoms with Crippen LogP contribution in [0.15, 0.2) is 48.7 Å². The number of aromatic nitrogens is 1. The topological polar surface area (TPSA) is 56.9 Å². The second-order valence-corrected chi connectivity index (χ2v) is 5.32. The molecule has 0 aliphatic carbocycles. The van der Waals surface area contributed by atoms with Gasteiger partial charge >= 0.3 is 0 Å². The van der Waals surface area contributed by atoms with Gasteiger partial charge in [-0.25, -0.2) is 0 Å². The van der Waals surface area contributed by atoms with Crippen LogP contribution in [0.2, 0.25) is 0 Å². The molecular weight excluding hydrogens is 262 g/mol. The number of amides is 1. The van der Waals surface area contributed by atoms with Crippen LogP contribution in [0.3, 0.4) is 0 Å². The van der Waals surface area contributed by atoms with Gasteiger partial charge in [-0.1, -0.05) is 12.1 Å². The van der Waals surface area contributed by atoms with E-state index in [1.807, 2.05) is 42.6 Å². The summed E-state index contributed by atoms with van der Waals surface area (Å²) in [6.45, 7) is 1.78. The molecule has 0 spiro atoms. The number of rotatable bonds is 2. The van der Waals surface area contributed by atoms with Gasteiger partial charge in [-0.3, -0.25) is 4.79 Å². The van der Waals surface area contributed by atoms with Crippen molar-refractivity contribution in [1.82, 2.24) is 10.3 Å². The Bertz CT molecular complexity index is 835. The number of H-pyrrole nitrogens is 1. The zero-order valence-electron chi connectivity index (χ0n) is 11.4. The van der Waals surface area contributed by atoms with E-state index in [-0.39, 0.29) is 5.91 Å². The summed E-state index contributed by atoms with van der Waals surface area (Å²) < 4.78 is 0. The van der Waals surface area contributed by atoms with E-state index in [1.54, 1.807) is 0 Å². The van der Waals surface area contributed by atoms with Crippen LogP contribution in [0.4, 0.5) is 5.69 Å². The number of anilines is 1. The Morgan fingerprint density at radius 3 is 2.86 bits per heavy atom. The molecular formula is C17H15N3O. The number of aromatic amines is 1. The Kier molecular flexibility index (Phi) is 2.75. The summed E-state index contributed by atoms with van der Waals surface area (Å²) in [6.07, 6.45) is 1.87. The number of fused-ring (bicyclic) bond motifs is 2. The maximum Gasteiger partial charge on any atom is 0.255 e. The standard InChI is InChI=1S/C17H15N3O/c21-17(12-2-1-11-5-6-19-16(11)8-12)20-15-4-3-13-9-18-10-14(13)7-15/h1-8,18-19H,9-10H2,(H,20,21). The summed E-state index contributed by atoms with van der Waals surface area (Å²) in [5.41, 5.74) is 5.03. The molecule has 0 bridgehead atoms. The molecule has 2 aromatic carbocycles. The van der Waals surface area contributed by atoms with Crippen LogP contribution < -0.4 is 10.6 Å². The first-order valence-electron chi connectivity index (χ1n) is 7.01. The number of carbonyl (C=O) groups excluding carboxylic acids is 1. The molecule has 21 heavy (non-hydrogen) atoms. The normalized spacial score (nSPS) is 13.3. The van der Waals surface area contributed by atoms with Crippen LogP contribution in [-0.4, -0.2) is 10.9 Å². The van der Waals surface area contributed by atoms with Gasteiger partial charge in [0.2, 0.25) is 0 Å². The van der Waals surface area contributed by atoms with Gasteiger partial charge < -0.3 is 15.6 Å². The average molecular weight is 277 g/mol. The van der Waals surface area contributed by atoms with Crippen molar-refractivity contribution in [3.05, 3.63) is 65.4 Å². The molecule has 1 amide bonds. The van der Waals surface area contributed by atoms with Crippen molar-refractivity contribution in [3.63, 3.8) is 0 Å². The lowest BCUT2D eigenvalue weighted by molar-refractivity contribution is 0.102. The SMILES string of the molecule is O=C(Nc1ccc2c(c1)CNC2)c1ccc2cc[nH]c2c1. The molecule has 4 heteroatoms. The summed E-state index contributed by atoms with van der Waals surface area (Å²) in [7, 11) is 0. The molecule has 4 nitrogen and oxygen atoms in total. The van der Waals surface area contributed by atoms with Gasteiger partial charge in [0.1, 0.15) is 0 Å². The summed E-state index contributed by atoms with van der Waals surface area (Å²) in [5, 5.41) is 7.37. The Hall–Kier alpha value is -2.59. The first kappa shape index (κ1) is 12.2. The molecule has 104 valence electrons. The second-order valence-electron chi connectivity index (χ2n) is 5.32. The van der Waals surface area contributed by atoms with Crippen LogP contribution in [0.5, 0.6) is 0 Å². The molecule has 1 aromatic heterocycles. The van der Waals surface area contributed by atoms with E-state index in [0.717, 1.165) is 29.7 Å². The Labute approximate surface area is 122 Å². The van der Waals surface area contributed by atoms with Crippen molar-refractivity contribution in [3.8, 4) is 0 Å².